The van der Waals surface area contributed by atoms with Gasteiger partial charge >= 0.3 is 6.03 Å². The molecule has 0 saturated carbocycles. The predicted octanol–water partition coefficient (Wildman–Crippen LogP) is 2.77. The van der Waals surface area contributed by atoms with E-state index in [4.69, 9.17) is 9.47 Å². The maximum atomic E-state index is 12.3. The largest absolute Gasteiger partial charge is 0.490 e. The molecule has 1 aliphatic heterocycles. The summed E-state index contributed by atoms with van der Waals surface area (Å²) in [6.45, 7) is 5.85. The molecule has 25 heavy (non-hydrogen) atoms. The third-order valence-electron chi connectivity index (χ3n) is 4.08. The Balaban J connectivity index is 1.68. The van der Waals surface area contributed by atoms with E-state index in [0.717, 1.165) is 29.2 Å². The number of rotatable bonds is 5. The second-order valence-corrected chi connectivity index (χ2v) is 6.39. The number of carbonyl (C=O) groups is 1. The van der Waals surface area contributed by atoms with E-state index in [9.17, 15) is 4.79 Å². The molecule has 0 spiro atoms. The molecule has 2 aromatic rings. The van der Waals surface area contributed by atoms with E-state index in [0.29, 0.717) is 19.8 Å². The van der Waals surface area contributed by atoms with Crippen LogP contribution in [0.4, 0.5) is 4.79 Å². The van der Waals surface area contributed by atoms with Crippen LogP contribution < -0.4 is 20.1 Å². The molecule has 1 aromatic carbocycles. The number of fused-ring (bicyclic) bond motifs is 1. The average molecular weight is 344 g/mol. The van der Waals surface area contributed by atoms with Gasteiger partial charge in [0.05, 0.1) is 31.5 Å². The van der Waals surface area contributed by atoms with Gasteiger partial charge in [-0.05, 0) is 29.7 Å². The van der Waals surface area contributed by atoms with E-state index in [1.165, 1.54) is 0 Å². The zero-order valence-electron chi connectivity index (χ0n) is 14.5. The van der Waals surface area contributed by atoms with Crippen molar-refractivity contribution in [2.75, 3.05) is 13.2 Å². The second kappa shape index (κ2) is 7.92. The van der Waals surface area contributed by atoms with E-state index < -0.39 is 0 Å². The molecule has 7 nitrogen and oxygen atoms in total. The normalized spacial score (nSPS) is 14.7. The molecule has 3 N–H and O–H groups in total. The number of ether oxygens (including phenoxy) is 2. The summed E-state index contributed by atoms with van der Waals surface area (Å²) in [6, 6.07) is 7.33. The molecule has 1 atom stereocenters. The number of nitrogens with zero attached hydrogens (tertiary/aromatic N) is 1. The van der Waals surface area contributed by atoms with Crippen LogP contribution in [0, 0.1) is 5.92 Å². The van der Waals surface area contributed by atoms with E-state index in [1.807, 2.05) is 24.3 Å². The number of carbonyl (C=O) groups excluding carboxylic acids is 1. The van der Waals surface area contributed by atoms with Gasteiger partial charge in [0.15, 0.2) is 11.5 Å². The Kier molecular flexibility index (Phi) is 5.42. The first-order valence-corrected chi connectivity index (χ1v) is 8.55. The lowest BCUT2D eigenvalue weighted by Crippen LogP contribution is -2.39. The van der Waals surface area contributed by atoms with Gasteiger partial charge in [-0.2, -0.15) is 5.10 Å². The van der Waals surface area contributed by atoms with Gasteiger partial charge in [0.1, 0.15) is 0 Å². The summed E-state index contributed by atoms with van der Waals surface area (Å²) in [5, 5.41) is 12.6. The molecule has 1 aromatic heterocycles. The highest BCUT2D eigenvalue weighted by Crippen LogP contribution is 2.34. The molecule has 0 saturated heterocycles. The van der Waals surface area contributed by atoms with Gasteiger partial charge < -0.3 is 20.1 Å². The van der Waals surface area contributed by atoms with Crippen molar-refractivity contribution in [1.82, 2.24) is 20.8 Å². The van der Waals surface area contributed by atoms with E-state index in [-0.39, 0.29) is 18.0 Å². The first-order valence-electron chi connectivity index (χ1n) is 8.55. The Morgan fingerprint density at radius 3 is 2.76 bits per heavy atom. The summed E-state index contributed by atoms with van der Waals surface area (Å²) in [4.78, 5) is 12.3. The van der Waals surface area contributed by atoms with E-state index in [1.54, 1.807) is 6.20 Å². The van der Waals surface area contributed by atoms with Crippen molar-refractivity contribution in [3.8, 4) is 11.5 Å². The number of benzene rings is 1. The van der Waals surface area contributed by atoms with Crippen LogP contribution in [-0.4, -0.2) is 29.4 Å². The summed E-state index contributed by atoms with van der Waals surface area (Å²) >= 11 is 0. The van der Waals surface area contributed by atoms with Crippen LogP contribution in [0.25, 0.3) is 0 Å². The maximum absolute atomic E-state index is 12.3. The van der Waals surface area contributed by atoms with Crippen LogP contribution in [0.15, 0.2) is 30.5 Å². The molecule has 2 amide bonds. The molecule has 7 heteroatoms. The number of amides is 2. The Hall–Kier alpha value is -2.70. The smallest absolute Gasteiger partial charge is 0.315 e. The summed E-state index contributed by atoms with van der Waals surface area (Å²) in [5.41, 5.74) is 1.85. The minimum absolute atomic E-state index is 0.126. The fourth-order valence-corrected chi connectivity index (χ4v) is 2.76. The highest BCUT2D eigenvalue weighted by molar-refractivity contribution is 5.74. The number of nitrogens with one attached hydrogen (secondary N) is 3. The zero-order chi connectivity index (χ0) is 17.6. The summed E-state index contributed by atoms with van der Waals surface area (Å²) in [6.07, 6.45) is 2.52. The Morgan fingerprint density at radius 1 is 1.24 bits per heavy atom. The van der Waals surface area contributed by atoms with Gasteiger partial charge in [-0.25, -0.2) is 4.79 Å². The van der Waals surface area contributed by atoms with E-state index >= 15 is 0 Å². The summed E-state index contributed by atoms with van der Waals surface area (Å²) in [5.74, 6) is 1.72. The van der Waals surface area contributed by atoms with Gasteiger partial charge in [0.2, 0.25) is 0 Å². The molecule has 3 rings (SSSR count). The number of H-pyrrole nitrogens is 1. The number of urea groups is 1. The Bertz CT molecular complexity index is 700. The van der Waals surface area contributed by atoms with Crippen molar-refractivity contribution >= 4 is 6.03 Å². The van der Waals surface area contributed by atoms with Crippen LogP contribution in [-0.2, 0) is 6.54 Å². The molecule has 1 unspecified atom stereocenters. The lowest BCUT2D eigenvalue weighted by Gasteiger charge is -2.24. The molecular formula is C18H24N4O3. The first-order chi connectivity index (χ1) is 12.1. The second-order valence-electron chi connectivity index (χ2n) is 6.39. The van der Waals surface area contributed by atoms with Crippen molar-refractivity contribution < 1.29 is 14.3 Å². The van der Waals surface area contributed by atoms with Gasteiger partial charge in [0, 0.05) is 12.6 Å². The van der Waals surface area contributed by atoms with Crippen LogP contribution in [0.1, 0.15) is 37.6 Å². The molecule has 0 aliphatic carbocycles. The SMILES string of the molecule is CC(C)C(NC(=O)NCc1ccn[nH]1)c1ccc2c(c1)OCCCO2. The minimum atomic E-state index is -0.222. The molecular weight excluding hydrogens is 320 g/mol. The quantitative estimate of drug-likeness (QED) is 0.778. The summed E-state index contributed by atoms with van der Waals surface area (Å²) < 4.78 is 11.4. The van der Waals surface area contributed by atoms with E-state index in [2.05, 4.69) is 34.7 Å². The van der Waals surface area contributed by atoms with Crippen LogP contribution >= 0.6 is 0 Å². The number of aromatic nitrogens is 2. The molecule has 2 heterocycles. The lowest BCUT2D eigenvalue weighted by molar-refractivity contribution is 0.232. The van der Waals surface area contributed by atoms with Crippen molar-refractivity contribution in [3.63, 3.8) is 0 Å². The third kappa shape index (κ3) is 4.43. The first kappa shape index (κ1) is 17.1. The highest BCUT2D eigenvalue weighted by atomic mass is 16.5. The number of hydrogen-bond acceptors (Lipinski definition) is 4. The average Bonchev–Trinajstić information content (AvgIpc) is 3.01. The van der Waals surface area contributed by atoms with Crippen LogP contribution in [0.2, 0.25) is 0 Å². The van der Waals surface area contributed by atoms with Gasteiger partial charge in [-0.3, -0.25) is 5.10 Å². The van der Waals surface area contributed by atoms with Gasteiger partial charge in [0.25, 0.3) is 0 Å². The molecule has 1 aliphatic rings. The fraction of sp³-hybridized carbons (Fsp3) is 0.444. The van der Waals surface area contributed by atoms with Gasteiger partial charge in [-0.1, -0.05) is 19.9 Å². The van der Waals surface area contributed by atoms with Crippen molar-refractivity contribution in [2.24, 2.45) is 5.92 Å². The monoisotopic (exact) mass is 344 g/mol. The molecule has 134 valence electrons. The predicted molar refractivity (Wildman–Crippen MR) is 93.6 cm³/mol. The third-order valence-corrected chi connectivity index (χ3v) is 4.08. The summed E-state index contributed by atoms with van der Waals surface area (Å²) in [7, 11) is 0. The lowest BCUT2D eigenvalue weighted by atomic mass is 9.96. The minimum Gasteiger partial charge on any atom is -0.490 e. The molecule has 0 bridgehead atoms. The van der Waals surface area contributed by atoms with Crippen molar-refractivity contribution in [1.29, 1.82) is 0 Å². The van der Waals surface area contributed by atoms with Crippen molar-refractivity contribution in [2.45, 2.75) is 32.9 Å². The highest BCUT2D eigenvalue weighted by Gasteiger charge is 2.21. The standard InChI is InChI=1S/C18H24N4O3/c1-12(2)17(21-18(23)19-11-14-6-7-20-22-14)13-4-5-15-16(10-13)25-9-3-8-24-15/h4-7,10,12,17H,3,8-9,11H2,1-2H3,(H,20,22)(H2,19,21,23). The van der Waals surface area contributed by atoms with Crippen molar-refractivity contribution in [3.05, 3.63) is 41.7 Å². The van der Waals surface area contributed by atoms with Crippen LogP contribution in [0.5, 0.6) is 11.5 Å². The number of aromatic amines is 1. The fourth-order valence-electron chi connectivity index (χ4n) is 2.76. The Labute approximate surface area is 147 Å². The number of hydrogen-bond donors (Lipinski definition) is 3. The Morgan fingerprint density at radius 2 is 2.04 bits per heavy atom. The molecule has 0 fully saturated rings. The maximum Gasteiger partial charge on any atom is 0.315 e. The molecule has 0 radical (unpaired) electrons. The van der Waals surface area contributed by atoms with Gasteiger partial charge in [-0.15, -0.1) is 0 Å². The van der Waals surface area contributed by atoms with Crippen LogP contribution in [0.3, 0.4) is 0 Å². The zero-order valence-corrected chi connectivity index (χ0v) is 14.5. The topological polar surface area (TPSA) is 88.3 Å².